The van der Waals surface area contributed by atoms with Crippen LogP contribution in [0.25, 0.3) is 0 Å². The average molecular weight is 348 g/mol. The van der Waals surface area contributed by atoms with E-state index in [0.717, 1.165) is 20.7 Å². The molecule has 0 spiro atoms. The van der Waals surface area contributed by atoms with Gasteiger partial charge in [0.25, 0.3) is 0 Å². The van der Waals surface area contributed by atoms with Crippen molar-refractivity contribution in [1.29, 1.82) is 0 Å². The monoisotopic (exact) mass is 346 g/mol. The van der Waals surface area contributed by atoms with Crippen LogP contribution in [0.1, 0.15) is 10.4 Å². The zero-order valence-electron chi connectivity index (χ0n) is 9.78. The summed E-state index contributed by atoms with van der Waals surface area (Å²) in [6.45, 7) is 0.535. The van der Waals surface area contributed by atoms with Crippen LogP contribution in [0.4, 0.5) is 0 Å². The van der Waals surface area contributed by atoms with Crippen molar-refractivity contribution in [3.8, 4) is 11.5 Å². The third kappa shape index (κ3) is 3.40. The second kappa shape index (κ2) is 6.45. The maximum absolute atomic E-state index is 5.78. The number of methoxy groups -OCH3 is 1. The van der Waals surface area contributed by atoms with Crippen molar-refractivity contribution in [2.75, 3.05) is 7.11 Å². The van der Waals surface area contributed by atoms with E-state index in [9.17, 15) is 0 Å². The van der Waals surface area contributed by atoms with Crippen molar-refractivity contribution >= 4 is 38.9 Å². The van der Waals surface area contributed by atoms with Gasteiger partial charge in [0.2, 0.25) is 0 Å². The Balaban J connectivity index is 2.08. The zero-order chi connectivity index (χ0) is 13.0. The third-order valence-corrected chi connectivity index (χ3v) is 4.35. The van der Waals surface area contributed by atoms with Crippen molar-refractivity contribution in [1.82, 2.24) is 0 Å². The van der Waals surface area contributed by atoms with Gasteiger partial charge in [-0.2, -0.15) is 0 Å². The Labute approximate surface area is 124 Å². The number of alkyl halides is 1. The number of hydrogen-bond donors (Lipinski definition) is 0. The van der Waals surface area contributed by atoms with Gasteiger partial charge in [-0.25, -0.2) is 0 Å². The standard InChI is InChI=1S/C13H12BrClO2S/c1-16-13-4-9(6-15)2-3-12(13)17-7-11-5-10(14)8-18-11/h2-5,8H,6-7H2,1H3. The van der Waals surface area contributed by atoms with Crippen molar-refractivity contribution < 1.29 is 9.47 Å². The lowest BCUT2D eigenvalue weighted by Gasteiger charge is -2.10. The molecular weight excluding hydrogens is 336 g/mol. The van der Waals surface area contributed by atoms with Crippen LogP contribution < -0.4 is 9.47 Å². The highest BCUT2D eigenvalue weighted by molar-refractivity contribution is 9.10. The molecular formula is C13H12BrClO2S. The predicted molar refractivity (Wildman–Crippen MR) is 78.9 cm³/mol. The molecule has 0 aliphatic carbocycles. The van der Waals surface area contributed by atoms with Crippen LogP contribution in [-0.4, -0.2) is 7.11 Å². The van der Waals surface area contributed by atoms with Gasteiger partial charge < -0.3 is 9.47 Å². The summed E-state index contributed by atoms with van der Waals surface area (Å²) in [4.78, 5) is 1.16. The molecule has 1 heterocycles. The predicted octanol–water partition coefficient (Wildman–Crippen LogP) is 4.84. The molecule has 1 aromatic heterocycles. The Morgan fingerprint density at radius 1 is 1.28 bits per heavy atom. The van der Waals surface area contributed by atoms with Crippen LogP contribution in [0.15, 0.2) is 34.1 Å². The molecule has 0 N–H and O–H groups in total. The maximum Gasteiger partial charge on any atom is 0.161 e. The minimum atomic E-state index is 0.467. The Morgan fingerprint density at radius 2 is 2.11 bits per heavy atom. The molecule has 0 saturated carbocycles. The van der Waals surface area contributed by atoms with E-state index < -0.39 is 0 Å². The van der Waals surface area contributed by atoms with E-state index in [1.54, 1.807) is 18.4 Å². The van der Waals surface area contributed by atoms with Gasteiger partial charge in [-0.3, -0.25) is 0 Å². The van der Waals surface area contributed by atoms with Crippen molar-refractivity contribution in [3.63, 3.8) is 0 Å². The number of halogens is 2. The summed E-state index contributed by atoms with van der Waals surface area (Å²) in [7, 11) is 1.63. The highest BCUT2D eigenvalue weighted by Crippen LogP contribution is 2.30. The van der Waals surface area contributed by atoms with Crippen LogP contribution in [0.5, 0.6) is 11.5 Å². The second-order valence-corrected chi connectivity index (χ2v) is 5.82. The first-order chi connectivity index (χ1) is 8.72. The molecule has 0 atom stereocenters. The van der Waals surface area contributed by atoms with Crippen molar-refractivity contribution in [3.05, 3.63) is 44.6 Å². The molecule has 18 heavy (non-hydrogen) atoms. The molecule has 2 rings (SSSR count). The number of hydrogen-bond acceptors (Lipinski definition) is 3. The molecule has 96 valence electrons. The fourth-order valence-corrected chi connectivity index (χ4v) is 3.02. The summed E-state index contributed by atoms with van der Waals surface area (Å²) in [5.41, 5.74) is 1.01. The normalized spacial score (nSPS) is 10.4. The zero-order valence-corrected chi connectivity index (χ0v) is 12.9. The molecule has 0 radical (unpaired) electrons. The fraction of sp³-hybridized carbons (Fsp3) is 0.231. The van der Waals surface area contributed by atoms with E-state index in [1.165, 1.54) is 0 Å². The van der Waals surface area contributed by atoms with E-state index in [1.807, 2.05) is 29.6 Å². The van der Waals surface area contributed by atoms with Crippen LogP contribution in [-0.2, 0) is 12.5 Å². The van der Waals surface area contributed by atoms with Gasteiger partial charge in [0.05, 0.1) is 7.11 Å². The summed E-state index contributed by atoms with van der Waals surface area (Å²) in [5, 5.41) is 2.03. The van der Waals surface area contributed by atoms with E-state index in [-0.39, 0.29) is 0 Å². The van der Waals surface area contributed by atoms with Gasteiger partial charge in [-0.15, -0.1) is 22.9 Å². The molecule has 0 unspecified atom stereocenters. The van der Waals surface area contributed by atoms with Crippen LogP contribution in [0.2, 0.25) is 0 Å². The second-order valence-electron chi connectivity index (χ2n) is 3.64. The molecule has 0 amide bonds. The highest BCUT2D eigenvalue weighted by Gasteiger charge is 2.06. The van der Waals surface area contributed by atoms with E-state index in [4.69, 9.17) is 21.1 Å². The van der Waals surface area contributed by atoms with Crippen molar-refractivity contribution in [2.45, 2.75) is 12.5 Å². The molecule has 0 fully saturated rings. The van der Waals surface area contributed by atoms with Crippen LogP contribution >= 0.6 is 38.9 Å². The summed E-state index contributed by atoms with van der Waals surface area (Å²) in [6.07, 6.45) is 0. The Morgan fingerprint density at radius 3 is 2.72 bits per heavy atom. The Bertz CT molecular complexity index is 527. The van der Waals surface area contributed by atoms with Gasteiger partial charge in [-0.05, 0) is 39.7 Å². The topological polar surface area (TPSA) is 18.5 Å². The average Bonchev–Trinajstić information content (AvgIpc) is 2.82. The summed E-state index contributed by atoms with van der Waals surface area (Å²) in [5.74, 6) is 1.91. The van der Waals surface area contributed by atoms with Crippen LogP contribution in [0.3, 0.4) is 0 Å². The minimum Gasteiger partial charge on any atom is -0.493 e. The van der Waals surface area contributed by atoms with Crippen molar-refractivity contribution in [2.24, 2.45) is 0 Å². The lowest BCUT2D eigenvalue weighted by Crippen LogP contribution is -1.96. The number of thiophene rings is 1. The summed E-state index contributed by atoms with van der Waals surface area (Å²) in [6, 6.07) is 7.77. The third-order valence-electron chi connectivity index (χ3n) is 2.37. The maximum atomic E-state index is 5.78. The largest absolute Gasteiger partial charge is 0.493 e. The van der Waals surface area contributed by atoms with Gasteiger partial charge in [-0.1, -0.05) is 6.07 Å². The Hall–Kier alpha value is -0.710. The number of ether oxygens (including phenoxy) is 2. The molecule has 0 bridgehead atoms. The molecule has 2 nitrogen and oxygen atoms in total. The molecule has 5 heteroatoms. The minimum absolute atomic E-state index is 0.467. The van der Waals surface area contributed by atoms with Gasteiger partial charge >= 0.3 is 0 Å². The SMILES string of the molecule is COc1cc(CCl)ccc1OCc1cc(Br)cs1. The molecule has 0 aliphatic heterocycles. The Kier molecular flexibility index (Phi) is 4.92. The highest BCUT2D eigenvalue weighted by atomic mass is 79.9. The molecule has 0 aliphatic rings. The first-order valence-electron chi connectivity index (χ1n) is 5.31. The number of rotatable bonds is 5. The number of benzene rings is 1. The smallest absolute Gasteiger partial charge is 0.161 e. The first kappa shape index (κ1) is 13.7. The van der Waals surface area contributed by atoms with Gasteiger partial charge in [0, 0.05) is 20.6 Å². The summed E-state index contributed by atoms with van der Waals surface area (Å²) >= 11 is 10.9. The van der Waals surface area contributed by atoms with E-state index in [2.05, 4.69) is 15.9 Å². The first-order valence-corrected chi connectivity index (χ1v) is 7.52. The van der Waals surface area contributed by atoms with Gasteiger partial charge in [0.1, 0.15) is 6.61 Å². The summed E-state index contributed by atoms with van der Waals surface area (Å²) < 4.78 is 12.1. The quantitative estimate of drug-likeness (QED) is 0.721. The fourth-order valence-electron chi connectivity index (χ4n) is 1.49. The van der Waals surface area contributed by atoms with Crippen LogP contribution in [0, 0.1) is 0 Å². The lowest BCUT2D eigenvalue weighted by atomic mass is 10.2. The lowest BCUT2D eigenvalue weighted by molar-refractivity contribution is 0.287. The molecule has 2 aromatic rings. The van der Waals surface area contributed by atoms with E-state index in [0.29, 0.717) is 18.2 Å². The van der Waals surface area contributed by atoms with Gasteiger partial charge in [0.15, 0.2) is 11.5 Å². The molecule has 0 saturated heterocycles. The van der Waals surface area contributed by atoms with E-state index >= 15 is 0 Å². The molecule has 1 aromatic carbocycles.